The van der Waals surface area contributed by atoms with Gasteiger partial charge in [0.2, 0.25) is 0 Å². The van der Waals surface area contributed by atoms with Crippen molar-refractivity contribution in [2.75, 3.05) is 13.9 Å². The highest BCUT2D eigenvalue weighted by atomic mass is 19.1. The van der Waals surface area contributed by atoms with E-state index in [1.165, 1.54) is 31.4 Å². The fourth-order valence-electron chi connectivity index (χ4n) is 3.92. The summed E-state index contributed by atoms with van der Waals surface area (Å²) in [5, 5.41) is 11.9. The van der Waals surface area contributed by atoms with Gasteiger partial charge in [0.25, 0.3) is 11.8 Å². The molecule has 1 aliphatic heterocycles. The van der Waals surface area contributed by atoms with E-state index in [0.29, 0.717) is 17.0 Å². The van der Waals surface area contributed by atoms with E-state index in [4.69, 9.17) is 9.57 Å². The van der Waals surface area contributed by atoms with Crippen molar-refractivity contribution in [2.45, 2.75) is 45.0 Å². The summed E-state index contributed by atoms with van der Waals surface area (Å²) >= 11 is 0. The van der Waals surface area contributed by atoms with Gasteiger partial charge in [0.1, 0.15) is 18.0 Å². The van der Waals surface area contributed by atoms with Crippen LogP contribution in [0.2, 0.25) is 0 Å². The van der Waals surface area contributed by atoms with Crippen molar-refractivity contribution in [3.63, 3.8) is 0 Å². The molecule has 3 rings (SSSR count). The molecule has 0 saturated carbocycles. The van der Waals surface area contributed by atoms with Gasteiger partial charge in [-0.3, -0.25) is 14.5 Å². The number of aliphatic hydroxyl groups is 1. The average Bonchev–Trinajstić information content (AvgIpc) is 2.77. The number of imide groups is 1. The zero-order chi connectivity index (χ0) is 23.3. The molecule has 1 aliphatic rings. The Bertz CT molecular complexity index is 906. The molecule has 0 aromatic heterocycles. The van der Waals surface area contributed by atoms with E-state index < -0.39 is 35.8 Å². The molecule has 2 aromatic carbocycles. The Balaban J connectivity index is 2.05. The van der Waals surface area contributed by atoms with Crippen molar-refractivity contribution in [3.8, 4) is 0 Å². The first-order chi connectivity index (χ1) is 15.3. The zero-order valence-electron chi connectivity index (χ0n) is 18.5. The molecule has 1 heterocycles. The lowest BCUT2D eigenvalue weighted by Crippen LogP contribution is -2.66. The number of carbonyl (C=O) groups excluding carboxylic acids is 2. The molecule has 3 atom stereocenters. The van der Waals surface area contributed by atoms with Gasteiger partial charge in [-0.25, -0.2) is 9.23 Å². The van der Waals surface area contributed by atoms with Gasteiger partial charge in [-0.1, -0.05) is 56.3 Å². The number of methoxy groups -OCH3 is 1. The lowest BCUT2D eigenvalue weighted by Gasteiger charge is -2.45. The molecule has 2 aromatic rings. The van der Waals surface area contributed by atoms with Crippen LogP contribution in [0.4, 0.5) is 4.39 Å². The second-order valence-electron chi connectivity index (χ2n) is 8.25. The van der Waals surface area contributed by atoms with Crippen LogP contribution < -0.4 is 0 Å². The third kappa shape index (κ3) is 5.39. The van der Waals surface area contributed by atoms with Gasteiger partial charge in [-0.2, -0.15) is 0 Å². The van der Waals surface area contributed by atoms with Crippen LogP contribution in [-0.4, -0.2) is 52.9 Å². The molecule has 8 heteroatoms. The van der Waals surface area contributed by atoms with Gasteiger partial charge in [-0.15, -0.1) is 5.06 Å². The highest BCUT2D eigenvalue weighted by Crippen LogP contribution is 2.33. The molecule has 1 fully saturated rings. The maximum Gasteiger partial charge on any atom is 0.274 e. The number of hydrogen-bond acceptors (Lipinski definition) is 6. The maximum absolute atomic E-state index is 13.4. The maximum atomic E-state index is 13.4. The minimum absolute atomic E-state index is 0.142. The van der Waals surface area contributed by atoms with Crippen molar-refractivity contribution < 1.29 is 28.7 Å². The minimum Gasteiger partial charge on any atom is -0.386 e. The smallest absolute Gasteiger partial charge is 0.274 e. The summed E-state index contributed by atoms with van der Waals surface area (Å²) in [5.41, 5.74) is 1.26. The summed E-state index contributed by atoms with van der Waals surface area (Å²) < 4.78 is 18.3. The lowest BCUT2D eigenvalue weighted by atomic mass is 9.91. The van der Waals surface area contributed by atoms with Crippen LogP contribution in [0.5, 0.6) is 0 Å². The van der Waals surface area contributed by atoms with Crippen LogP contribution in [0, 0.1) is 11.7 Å². The second-order valence-corrected chi connectivity index (χ2v) is 8.25. The molecule has 0 bridgehead atoms. The first-order valence-electron chi connectivity index (χ1n) is 10.6. The van der Waals surface area contributed by atoms with Gasteiger partial charge in [0.15, 0.2) is 6.79 Å². The number of ether oxygens (including phenoxy) is 1. The minimum atomic E-state index is -1.30. The fraction of sp³-hybridized carbons (Fsp3) is 0.417. The monoisotopic (exact) mass is 444 g/mol. The molecule has 32 heavy (non-hydrogen) atoms. The molecule has 0 aliphatic carbocycles. The van der Waals surface area contributed by atoms with Crippen molar-refractivity contribution in [1.29, 1.82) is 0 Å². The molecule has 1 N–H and O–H groups in total. The number of piperazine rings is 1. The normalized spacial score (nSPS) is 20.8. The zero-order valence-corrected chi connectivity index (χ0v) is 18.5. The summed E-state index contributed by atoms with van der Waals surface area (Å²) in [5.74, 6) is -1.50. The predicted octanol–water partition coefficient (Wildman–Crippen LogP) is 3.05. The third-order valence-electron chi connectivity index (χ3n) is 5.41. The van der Waals surface area contributed by atoms with Crippen LogP contribution >= 0.6 is 0 Å². The first kappa shape index (κ1) is 24.0. The molecule has 0 radical (unpaired) electrons. The van der Waals surface area contributed by atoms with E-state index in [0.717, 1.165) is 5.56 Å². The van der Waals surface area contributed by atoms with Gasteiger partial charge in [0, 0.05) is 13.7 Å². The number of halogens is 1. The van der Waals surface area contributed by atoms with Crippen LogP contribution in [-0.2, 0) is 25.7 Å². The largest absolute Gasteiger partial charge is 0.386 e. The van der Waals surface area contributed by atoms with Crippen LogP contribution in [0.15, 0.2) is 54.6 Å². The highest BCUT2D eigenvalue weighted by molar-refractivity contribution is 6.02. The van der Waals surface area contributed by atoms with Gasteiger partial charge < -0.3 is 9.84 Å². The molecular formula is C24H29FN2O5. The number of benzene rings is 2. The van der Waals surface area contributed by atoms with E-state index in [-0.39, 0.29) is 19.3 Å². The van der Waals surface area contributed by atoms with Crippen LogP contribution in [0.25, 0.3) is 0 Å². The van der Waals surface area contributed by atoms with E-state index in [1.54, 1.807) is 4.90 Å². The second kappa shape index (κ2) is 10.8. The fourth-order valence-corrected chi connectivity index (χ4v) is 3.92. The van der Waals surface area contributed by atoms with E-state index in [2.05, 4.69) is 0 Å². The lowest BCUT2D eigenvalue weighted by molar-refractivity contribution is -0.238. The van der Waals surface area contributed by atoms with E-state index in [1.807, 2.05) is 44.2 Å². The number of hydroxylamine groups is 2. The highest BCUT2D eigenvalue weighted by Gasteiger charge is 2.50. The van der Waals surface area contributed by atoms with Gasteiger partial charge in [-0.05, 0) is 35.6 Å². The standard InChI is InChI=1S/C24H29FN2O5/c1-16(2)13-20-23(29)27(32-15-31-3)24(30)21(22(28)18-9-11-19(25)12-10-18)26(20)14-17-7-5-4-6-8-17/h4-12,16,20-22,28H,13-15H2,1-3H3/t20-,21-,22+/m0/s1. The molecule has 2 amide bonds. The van der Waals surface area contributed by atoms with Crippen LogP contribution in [0.3, 0.4) is 0 Å². The Labute approximate surface area is 187 Å². The Morgan fingerprint density at radius 2 is 1.69 bits per heavy atom. The summed E-state index contributed by atoms with van der Waals surface area (Å²) in [7, 11) is 1.39. The molecule has 0 spiro atoms. The van der Waals surface area contributed by atoms with Crippen molar-refractivity contribution >= 4 is 11.8 Å². The molecule has 172 valence electrons. The summed E-state index contributed by atoms with van der Waals surface area (Å²) in [6.45, 7) is 3.95. The molecule has 1 saturated heterocycles. The molecule has 7 nitrogen and oxygen atoms in total. The summed E-state index contributed by atoms with van der Waals surface area (Å²) in [6.07, 6.45) is -0.846. The van der Waals surface area contributed by atoms with Crippen molar-refractivity contribution in [2.24, 2.45) is 5.92 Å². The number of rotatable bonds is 9. The Morgan fingerprint density at radius 1 is 1.03 bits per heavy atom. The van der Waals surface area contributed by atoms with Gasteiger partial charge >= 0.3 is 0 Å². The average molecular weight is 445 g/mol. The first-order valence-corrected chi connectivity index (χ1v) is 10.6. The Hall–Kier alpha value is -2.65. The number of hydrogen-bond donors (Lipinski definition) is 1. The molecular weight excluding hydrogens is 415 g/mol. The van der Waals surface area contributed by atoms with Crippen molar-refractivity contribution in [3.05, 3.63) is 71.5 Å². The van der Waals surface area contributed by atoms with Crippen LogP contribution in [0.1, 0.15) is 37.5 Å². The SMILES string of the molecule is COCON1C(=O)[C@H]([C@H](O)c2ccc(F)cc2)N(Cc2ccccc2)[C@@H](CC(C)C)C1=O. The number of amides is 2. The van der Waals surface area contributed by atoms with Crippen molar-refractivity contribution in [1.82, 2.24) is 9.96 Å². The Morgan fingerprint density at radius 3 is 2.28 bits per heavy atom. The molecule has 0 unspecified atom stereocenters. The summed E-state index contributed by atoms with van der Waals surface area (Å²) in [6, 6.07) is 12.9. The third-order valence-corrected chi connectivity index (χ3v) is 5.41. The number of nitrogens with zero attached hydrogens (tertiary/aromatic N) is 2. The Kier molecular flexibility index (Phi) is 8.09. The quantitative estimate of drug-likeness (QED) is 0.473. The number of aliphatic hydroxyl groups excluding tert-OH is 1. The van der Waals surface area contributed by atoms with E-state index in [9.17, 15) is 19.1 Å². The topological polar surface area (TPSA) is 79.3 Å². The van der Waals surface area contributed by atoms with Gasteiger partial charge in [0.05, 0.1) is 6.04 Å². The number of carbonyl (C=O) groups is 2. The van der Waals surface area contributed by atoms with E-state index >= 15 is 0 Å². The summed E-state index contributed by atoms with van der Waals surface area (Å²) in [4.78, 5) is 33.7. The predicted molar refractivity (Wildman–Crippen MR) is 115 cm³/mol.